The van der Waals surface area contributed by atoms with Crippen LogP contribution in [0.2, 0.25) is 0 Å². The normalized spacial score (nSPS) is 34.1. The Hall–Kier alpha value is -1.53. The highest BCUT2D eigenvalue weighted by Gasteiger charge is 2.56. The standard InChI is InChI=1S/C23H31NO4/c1-18(23-26-15-12-22(2,28-23)17-27-23)16-21(25)20-11-7-14-24(20)13-6-10-19-8-4-3-5-9-19/h3-6,8-10,18,20H,7,11-17H2,1-2H3/b10-6+/t18-,20-,22?,23?/m0/s1. The van der Waals surface area contributed by atoms with Crippen LogP contribution in [0.25, 0.3) is 6.08 Å². The predicted molar refractivity (Wildman–Crippen MR) is 108 cm³/mol. The number of carbonyl (C=O) groups is 1. The van der Waals surface area contributed by atoms with Crippen molar-refractivity contribution in [3.8, 4) is 0 Å². The van der Waals surface area contributed by atoms with E-state index in [1.165, 1.54) is 5.56 Å². The van der Waals surface area contributed by atoms with E-state index in [0.29, 0.717) is 19.6 Å². The van der Waals surface area contributed by atoms with Crippen molar-refractivity contribution in [3.63, 3.8) is 0 Å². The molecular weight excluding hydrogens is 354 g/mol. The molecule has 0 saturated carbocycles. The number of nitrogens with zero attached hydrogens (tertiary/aromatic N) is 1. The van der Waals surface area contributed by atoms with Gasteiger partial charge in [-0.05, 0) is 31.9 Å². The minimum absolute atomic E-state index is 0.0179. The van der Waals surface area contributed by atoms with Crippen LogP contribution in [0.5, 0.6) is 0 Å². The van der Waals surface area contributed by atoms with Crippen LogP contribution in [-0.4, -0.2) is 54.6 Å². The topological polar surface area (TPSA) is 48.0 Å². The average molecular weight is 386 g/mol. The van der Waals surface area contributed by atoms with Gasteiger partial charge in [-0.1, -0.05) is 49.4 Å². The SMILES string of the molecule is C[C@@H](CC(=O)[C@@H]1CCCN1C/C=C/c1ccccc1)C12OCCC(C)(CO1)O2. The van der Waals surface area contributed by atoms with E-state index in [-0.39, 0.29) is 23.3 Å². The summed E-state index contributed by atoms with van der Waals surface area (Å²) in [7, 11) is 0. The van der Waals surface area contributed by atoms with Crippen molar-refractivity contribution >= 4 is 11.9 Å². The van der Waals surface area contributed by atoms with Crippen molar-refractivity contribution in [2.75, 3.05) is 26.3 Å². The second-order valence-corrected chi connectivity index (χ2v) is 8.58. The molecule has 4 atom stereocenters. The molecule has 3 aliphatic rings. The van der Waals surface area contributed by atoms with Gasteiger partial charge in [0.1, 0.15) is 0 Å². The number of likely N-dealkylation sites (tertiary alicyclic amines) is 1. The monoisotopic (exact) mass is 385 g/mol. The largest absolute Gasteiger partial charge is 0.327 e. The van der Waals surface area contributed by atoms with E-state index in [1.54, 1.807) is 0 Å². The summed E-state index contributed by atoms with van der Waals surface area (Å²) in [6, 6.07) is 10.2. The zero-order valence-electron chi connectivity index (χ0n) is 16.9. The molecule has 3 fully saturated rings. The quantitative estimate of drug-likeness (QED) is 0.717. The lowest BCUT2D eigenvalue weighted by molar-refractivity contribution is -0.388. The summed E-state index contributed by atoms with van der Waals surface area (Å²) >= 11 is 0. The summed E-state index contributed by atoms with van der Waals surface area (Å²) in [6.07, 6.45) is 7.52. The zero-order valence-corrected chi connectivity index (χ0v) is 16.9. The van der Waals surface area contributed by atoms with Crippen LogP contribution in [0.4, 0.5) is 0 Å². The number of carbonyl (C=O) groups excluding carboxylic acids is 1. The Bertz CT molecular complexity index is 721. The van der Waals surface area contributed by atoms with Crippen molar-refractivity contribution in [1.29, 1.82) is 0 Å². The zero-order chi connectivity index (χ0) is 19.6. The highest BCUT2D eigenvalue weighted by atomic mass is 16.9. The summed E-state index contributed by atoms with van der Waals surface area (Å²) in [4.78, 5) is 15.3. The fourth-order valence-electron chi connectivity index (χ4n) is 4.50. The van der Waals surface area contributed by atoms with Gasteiger partial charge in [-0.25, -0.2) is 0 Å². The van der Waals surface area contributed by atoms with Crippen molar-refractivity contribution in [3.05, 3.63) is 42.0 Å². The molecule has 152 valence electrons. The van der Waals surface area contributed by atoms with Crippen LogP contribution < -0.4 is 0 Å². The molecule has 2 unspecified atom stereocenters. The third-order valence-electron chi connectivity index (χ3n) is 6.20. The van der Waals surface area contributed by atoms with Gasteiger partial charge in [-0.15, -0.1) is 0 Å². The van der Waals surface area contributed by atoms with Gasteiger partial charge in [0.2, 0.25) is 0 Å². The number of benzene rings is 1. The van der Waals surface area contributed by atoms with Crippen LogP contribution in [-0.2, 0) is 19.0 Å². The fraction of sp³-hybridized carbons (Fsp3) is 0.609. The molecule has 4 rings (SSSR count). The third kappa shape index (κ3) is 4.08. The summed E-state index contributed by atoms with van der Waals surface area (Å²) in [6.45, 7) is 6.98. The van der Waals surface area contributed by atoms with Gasteiger partial charge in [-0.2, -0.15) is 0 Å². The Kier molecular flexibility index (Phi) is 5.70. The molecule has 28 heavy (non-hydrogen) atoms. The first-order valence-electron chi connectivity index (χ1n) is 10.5. The second-order valence-electron chi connectivity index (χ2n) is 8.58. The number of rotatable bonds is 7. The van der Waals surface area contributed by atoms with E-state index in [4.69, 9.17) is 14.2 Å². The molecule has 0 N–H and O–H groups in total. The Morgan fingerprint density at radius 1 is 1.32 bits per heavy atom. The van der Waals surface area contributed by atoms with Crippen molar-refractivity contribution in [2.45, 2.75) is 57.1 Å². The summed E-state index contributed by atoms with van der Waals surface area (Å²) in [5.74, 6) is -0.897. The van der Waals surface area contributed by atoms with Crippen LogP contribution in [0, 0.1) is 5.92 Å². The Morgan fingerprint density at radius 2 is 2.14 bits per heavy atom. The maximum absolute atomic E-state index is 13.1. The smallest absolute Gasteiger partial charge is 0.286 e. The Morgan fingerprint density at radius 3 is 2.96 bits per heavy atom. The highest BCUT2D eigenvalue weighted by molar-refractivity contribution is 5.84. The van der Waals surface area contributed by atoms with E-state index < -0.39 is 5.97 Å². The Balaban J connectivity index is 1.34. The molecule has 3 aliphatic heterocycles. The predicted octanol–water partition coefficient (Wildman–Crippen LogP) is 3.64. The number of hydrogen-bond acceptors (Lipinski definition) is 5. The van der Waals surface area contributed by atoms with E-state index in [1.807, 2.05) is 25.1 Å². The molecule has 3 heterocycles. The molecule has 5 heteroatoms. The second kappa shape index (κ2) is 8.07. The molecule has 5 nitrogen and oxygen atoms in total. The molecule has 0 amide bonds. The first-order chi connectivity index (χ1) is 13.5. The lowest BCUT2D eigenvalue weighted by Gasteiger charge is -2.39. The van der Waals surface area contributed by atoms with Crippen LogP contribution in [0.3, 0.4) is 0 Å². The van der Waals surface area contributed by atoms with Crippen molar-refractivity contribution in [1.82, 2.24) is 4.90 Å². The number of ether oxygens (including phenoxy) is 3. The van der Waals surface area contributed by atoms with Gasteiger partial charge in [0.15, 0.2) is 5.78 Å². The molecule has 2 bridgehead atoms. The minimum atomic E-state index is -1.04. The lowest BCUT2D eigenvalue weighted by Crippen LogP contribution is -2.49. The lowest BCUT2D eigenvalue weighted by atomic mass is 9.95. The van der Waals surface area contributed by atoms with Crippen LogP contribution in [0.1, 0.15) is 45.1 Å². The van der Waals surface area contributed by atoms with E-state index in [9.17, 15) is 4.79 Å². The van der Waals surface area contributed by atoms with Gasteiger partial charge in [0.25, 0.3) is 5.97 Å². The molecule has 0 aromatic heterocycles. The van der Waals surface area contributed by atoms with Crippen LogP contribution >= 0.6 is 0 Å². The number of ketones is 1. The van der Waals surface area contributed by atoms with E-state index in [2.05, 4.69) is 36.1 Å². The first kappa shape index (κ1) is 19.8. The molecule has 0 spiro atoms. The fourth-order valence-corrected chi connectivity index (χ4v) is 4.50. The van der Waals surface area contributed by atoms with Crippen molar-refractivity contribution < 1.29 is 19.0 Å². The maximum atomic E-state index is 13.1. The highest BCUT2D eigenvalue weighted by Crippen LogP contribution is 2.44. The van der Waals surface area contributed by atoms with Crippen molar-refractivity contribution in [2.24, 2.45) is 5.92 Å². The molecule has 0 aliphatic carbocycles. The van der Waals surface area contributed by atoms with Gasteiger partial charge >= 0.3 is 0 Å². The molecule has 1 aromatic rings. The first-order valence-corrected chi connectivity index (χ1v) is 10.5. The van der Waals surface area contributed by atoms with Gasteiger partial charge in [-0.3, -0.25) is 9.69 Å². The molecular formula is C23H31NO4. The van der Waals surface area contributed by atoms with Crippen LogP contribution in [0.15, 0.2) is 36.4 Å². The molecule has 0 radical (unpaired) electrons. The number of hydrogen-bond donors (Lipinski definition) is 0. The molecule has 3 saturated heterocycles. The number of Topliss-reactive ketones (excluding diaryl/α,β-unsaturated/α-hetero) is 1. The summed E-state index contributed by atoms with van der Waals surface area (Å²) in [5.41, 5.74) is 0.905. The maximum Gasteiger partial charge on any atom is 0.286 e. The van der Waals surface area contributed by atoms with E-state index in [0.717, 1.165) is 32.4 Å². The summed E-state index contributed by atoms with van der Waals surface area (Å²) < 4.78 is 17.9. The Labute approximate surface area is 167 Å². The third-order valence-corrected chi connectivity index (χ3v) is 6.20. The summed E-state index contributed by atoms with van der Waals surface area (Å²) in [5, 5.41) is 0. The number of fused-ring (bicyclic) bond motifs is 2. The average Bonchev–Trinajstić information content (AvgIpc) is 3.25. The molecule has 1 aromatic carbocycles. The van der Waals surface area contributed by atoms with Gasteiger partial charge < -0.3 is 14.2 Å². The van der Waals surface area contributed by atoms with Gasteiger partial charge in [0.05, 0.1) is 24.9 Å². The van der Waals surface area contributed by atoms with Gasteiger partial charge in [0, 0.05) is 25.3 Å². The van der Waals surface area contributed by atoms with E-state index >= 15 is 0 Å². The minimum Gasteiger partial charge on any atom is -0.327 e.